The molecule has 4 nitrogen and oxygen atoms in total. The lowest BCUT2D eigenvalue weighted by Crippen LogP contribution is -2.08. The number of anilines is 1. The zero-order valence-corrected chi connectivity index (χ0v) is 10.5. The second-order valence-electron chi connectivity index (χ2n) is 3.98. The molecule has 0 saturated heterocycles. The van der Waals surface area contributed by atoms with Crippen LogP contribution in [0.3, 0.4) is 0 Å². The van der Waals surface area contributed by atoms with Gasteiger partial charge in [0.1, 0.15) is 23.8 Å². The Balaban J connectivity index is 3.46. The van der Waals surface area contributed by atoms with Crippen LogP contribution in [0.4, 0.5) is 5.69 Å². The van der Waals surface area contributed by atoms with E-state index in [4.69, 9.17) is 15.8 Å². The van der Waals surface area contributed by atoms with E-state index < -0.39 is 0 Å². The summed E-state index contributed by atoms with van der Waals surface area (Å²) in [6.07, 6.45) is 0. The Labute approximate surface area is 107 Å². The lowest BCUT2D eigenvalue weighted by molar-refractivity contribution is 1.13. The van der Waals surface area contributed by atoms with Gasteiger partial charge in [0.25, 0.3) is 0 Å². The van der Waals surface area contributed by atoms with Gasteiger partial charge in [-0.05, 0) is 30.2 Å². The van der Waals surface area contributed by atoms with Gasteiger partial charge in [0.2, 0.25) is 0 Å². The zero-order chi connectivity index (χ0) is 13.7. The molecule has 1 rings (SSSR count). The van der Waals surface area contributed by atoms with Crippen molar-refractivity contribution in [3.05, 3.63) is 34.9 Å². The maximum atomic E-state index is 9.09. The third kappa shape index (κ3) is 2.48. The molecule has 0 atom stereocenters. The molecule has 0 unspecified atom stereocenters. The predicted octanol–water partition coefficient (Wildman–Crippen LogP) is 2.39. The average molecular weight is 236 g/mol. The van der Waals surface area contributed by atoms with E-state index in [1.807, 2.05) is 44.1 Å². The maximum absolute atomic E-state index is 9.09. The number of benzene rings is 1. The summed E-state index contributed by atoms with van der Waals surface area (Å²) in [7, 11) is 3.84. The number of hydrogen-bond acceptors (Lipinski definition) is 4. The number of nitrogens with zero attached hydrogens (tertiary/aromatic N) is 4. The molecule has 1 aromatic rings. The minimum atomic E-state index is -0.154. The fourth-order valence-electron chi connectivity index (χ4n) is 1.59. The number of aryl methyl sites for hydroxylation is 1. The first-order valence-corrected chi connectivity index (χ1v) is 5.28. The molecule has 0 amide bonds. The highest BCUT2D eigenvalue weighted by Gasteiger charge is 2.11. The zero-order valence-electron chi connectivity index (χ0n) is 10.5. The van der Waals surface area contributed by atoms with E-state index in [9.17, 15) is 0 Å². The fraction of sp³-hybridized carbons (Fsp3) is 0.214. The first kappa shape index (κ1) is 13.3. The number of rotatable bonds is 2. The molecule has 0 aliphatic rings. The first-order valence-electron chi connectivity index (χ1n) is 5.28. The van der Waals surface area contributed by atoms with Gasteiger partial charge in [-0.2, -0.15) is 15.8 Å². The van der Waals surface area contributed by atoms with E-state index in [0.29, 0.717) is 5.56 Å². The largest absolute Gasteiger partial charge is 0.378 e. The number of allylic oxidation sites excluding steroid dienone is 2. The quantitative estimate of drug-likeness (QED) is 0.739. The van der Waals surface area contributed by atoms with Crippen molar-refractivity contribution in [2.75, 3.05) is 19.0 Å². The van der Waals surface area contributed by atoms with Crippen molar-refractivity contribution in [2.45, 2.75) is 6.92 Å². The van der Waals surface area contributed by atoms with Crippen LogP contribution >= 0.6 is 0 Å². The summed E-state index contributed by atoms with van der Waals surface area (Å²) in [6, 6.07) is 11.0. The molecule has 0 heterocycles. The summed E-state index contributed by atoms with van der Waals surface area (Å²) in [4.78, 5) is 1.95. The van der Waals surface area contributed by atoms with Gasteiger partial charge < -0.3 is 4.90 Å². The monoisotopic (exact) mass is 236 g/mol. The van der Waals surface area contributed by atoms with Crippen LogP contribution in [0.1, 0.15) is 11.1 Å². The van der Waals surface area contributed by atoms with Gasteiger partial charge in [-0.1, -0.05) is 6.07 Å². The Morgan fingerprint density at radius 1 is 1.06 bits per heavy atom. The van der Waals surface area contributed by atoms with Gasteiger partial charge >= 0.3 is 0 Å². The second-order valence-corrected chi connectivity index (χ2v) is 3.98. The van der Waals surface area contributed by atoms with E-state index in [1.54, 1.807) is 18.2 Å². The van der Waals surface area contributed by atoms with Crippen LogP contribution in [0, 0.1) is 40.9 Å². The molecule has 0 radical (unpaired) electrons. The molecule has 18 heavy (non-hydrogen) atoms. The fourth-order valence-corrected chi connectivity index (χ4v) is 1.59. The summed E-state index contributed by atoms with van der Waals surface area (Å²) in [5.74, 6) is 0. The molecule has 0 bridgehead atoms. The molecule has 4 heteroatoms. The molecule has 0 fully saturated rings. The molecule has 1 aromatic carbocycles. The van der Waals surface area contributed by atoms with Gasteiger partial charge in [0, 0.05) is 19.8 Å². The van der Waals surface area contributed by atoms with Crippen molar-refractivity contribution < 1.29 is 0 Å². The van der Waals surface area contributed by atoms with E-state index in [1.165, 1.54) is 0 Å². The summed E-state index contributed by atoms with van der Waals surface area (Å²) in [5.41, 5.74) is 2.46. The Morgan fingerprint density at radius 3 is 2.06 bits per heavy atom. The summed E-state index contributed by atoms with van der Waals surface area (Å²) in [5, 5.41) is 26.8. The molecule has 0 aromatic heterocycles. The first-order chi connectivity index (χ1) is 8.54. The summed E-state index contributed by atoms with van der Waals surface area (Å²) in [6.45, 7) is 1.85. The third-order valence-corrected chi connectivity index (χ3v) is 2.58. The van der Waals surface area contributed by atoms with Crippen LogP contribution in [-0.2, 0) is 0 Å². The van der Waals surface area contributed by atoms with Crippen molar-refractivity contribution >= 4 is 11.3 Å². The van der Waals surface area contributed by atoms with E-state index in [-0.39, 0.29) is 11.1 Å². The highest BCUT2D eigenvalue weighted by Crippen LogP contribution is 2.25. The SMILES string of the molecule is Cc1cc(N(C)C)ccc1C(C#N)=C(C#N)C#N. The third-order valence-electron chi connectivity index (χ3n) is 2.58. The van der Waals surface area contributed by atoms with Gasteiger partial charge in [-0.25, -0.2) is 0 Å². The van der Waals surface area contributed by atoms with Gasteiger partial charge in [-0.3, -0.25) is 0 Å². The lowest BCUT2D eigenvalue weighted by atomic mass is 9.97. The average Bonchev–Trinajstić information content (AvgIpc) is 2.36. The van der Waals surface area contributed by atoms with Crippen LogP contribution < -0.4 is 4.90 Å². The van der Waals surface area contributed by atoms with Crippen LogP contribution in [-0.4, -0.2) is 14.1 Å². The molecule has 0 aliphatic heterocycles. The smallest absolute Gasteiger partial charge is 0.148 e. The van der Waals surface area contributed by atoms with Crippen LogP contribution in [0.25, 0.3) is 5.57 Å². The number of nitriles is 3. The molecule has 0 saturated carbocycles. The van der Waals surface area contributed by atoms with Crippen LogP contribution in [0.5, 0.6) is 0 Å². The molecule has 0 aliphatic carbocycles. The minimum absolute atomic E-state index is 0.128. The normalized spacial score (nSPS) is 8.67. The van der Waals surface area contributed by atoms with Crippen molar-refractivity contribution in [1.29, 1.82) is 15.8 Å². The molecular weight excluding hydrogens is 224 g/mol. The Morgan fingerprint density at radius 2 is 1.67 bits per heavy atom. The summed E-state index contributed by atoms with van der Waals surface area (Å²) >= 11 is 0. The Hall–Kier alpha value is -2.77. The van der Waals surface area contributed by atoms with Crippen molar-refractivity contribution in [3.63, 3.8) is 0 Å². The predicted molar refractivity (Wildman–Crippen MR) is 69.3 cm³/mol. The van der Waals surface area contributed by atoms with E-state index in [2.05, 4.69) is 0 Å². The lowest BCUT2D eigenvalue weighted by Gasteiger charge is -2.14. The van der Waals surface area contributed by atoms with E-state index in [0.717, 1.165) is 11.3 Å². The standard InChI is InChI=1S/C14H12N4/c1-10-6-12(18(2)3)4-5-13(10)14(9-17)11(7-15)8-16/h4-6H,1-3H3. The van der Waals surface area contributed by atoms with Crippen LogP contribution in [0.2, 0.25) is 0 Å². The maximum Gasteiger partial charge on any atom is 0.148 e. The minimum Gasteiger partial charge on any atom is -0.378 e. The second kappa shape index (κ2) is 5.53. The van der Waals surface area contributed by atoms with Gasteiger partial charge in [0.05, 0.1) is 5.57 Å². The van der Waals surface area contributed by atoms with Gasteiger partial charge in [0.15, 0.2) is 0 Å². The molecule has 0 N–H and O–H groups in total. The summed E-state index contributed by atoms with van der Waals surface area (Å²) < 4.78 is 0. The Bertz CT molecular complexity index is 603. The van der Waals surface area contributed by atoms with Crippen LogP contribution in [0.15, 0.2) is 23.8 Å². The topological polar surface area (TPSA) is 74.6 Å². The Kier molecular flexibility index (Phi) is 4.08. The van der Waals surface area contributed by atoms with Crippen molar-refractivity contribution in [3.8, 4) is 18.2 Å². The molecular formula is C14H12N4. The van der Waals surface area contributed by atoms with Crippen molar-refractivity contribution in [1.82, 2.24) is 0 Å². The molecule has 0 spiro atoms. The van der Waals surface area contributed by atoms with E-state index >= 15 is 0 Å². The van der Waals surface area contributed by atoms with Crippen molar-refractivity contribution in [2.24, 2.45) is 0 Å². The highest BCUT2D eigenvalue weighted by atomic mass is 15.1. The van der Waals surface area contributed by atoms with Gasteiger partial charge in [-0.15, -0.1) is 0 Å². The molecule has 88 valence electrons. The number of hydrogen-bond donors (Lipinski definition) is 0. The highest BCUT2D eigenvalue weighted by molar-refractivity contribution is 5.86.